The summed E-state index contributed by atoms with van der Waals surface area (Å²) in [6.07, 6.45) is 6.50. The van der Waals surface area contributed by atoms with Gasteiger partial charge in [0.15, 0.2) is 0 Å². The molecule has 2 aromatic rings. The van der Waals surface area contributed by atoms with Gasteiger partial charge in [0.25, 0.3) is 0 Å². The summed E-state index contributed by atoms with van der Waals surface area (Å²) < 4.78 is 19.4. The van der Waals surface area contributed by atoms with E-state index < -0.39 is 23.5 Å². The maximum Gasteiger partial charge on any atom is 0.230 e. The van der Waals surface area contributed by atoms with Gasteiger partial charge in [0, 0.05) is 19.8 Å². The van der Waals surface area contributed by atoms with Gasteiger partial charge in [-0.1, -0.05) is 24.3 Å². The predicted octanol–water partition coefficient (Wildman–Crippen LogP) is 1.56. The minimum Gasteiger partial charge on any atom is -0.360 e. The van der Waals surface area contributed by atoms with Gasteiger partial charge in [-0.05, 0) is 23.8 Å². The predicted molar refractivity (Wildman–Crippen MR) is 104 cm³/mol. The number of hydrogen-bond acceptors (Lipinski definition) is 5. The van der Waals surface area contributed by atoms with E-state index in [1.807, 2.05) is 12.2 Å². The highest BCUT2D eigenvalue weighted by Gasteiger charge is 2.67. The Morgan fingerprint density at radius 1 is 1.33 bits per heavy atom. The van der Waals surface area contributed by atoms with E-state index in [-0.39, 0.29) is 17.6 Å². The van der Waals surface area contributed by atoms with Gasteiger partial charge in [0.05, 0.1) is 36.7 Å². The Labute approximate surface area is 173 Å². The van der Waals surface area contributed by atoms with E-state index in [0.717, 1.165) is 11.3 Å². The van der Waals surface area contributed by atoms with Crippen molar-refractivity contribution in [2.75, 3.05) is 13.6 Å². The van der Waals surface area contributed by atoms with E-state index in [1.165, 1.54) is 18.5 Å². The molecule has 0 saturated carbocycles. The normalized spacial score (nSPS) is 28.8. The topological polar surface area (TPSA) is 75.6 Å². The summed E-state index contributed by atoms with van der Waals surface area (Å²) in [4.78, 5) is 37.9. The molecule has 3 aliphatic heterocycles. The standard InChI is InChI=1S/C22H21FN4O3/c1-26(11-16-7-9-24-13-25-16)20(28)18-17-6-8-22(30-17)12-27(21(29)19(18)22)10-14-2-4-15(23)5-3-14/h2-9,13,17-19H,10-12H2,1H3/t17-,18+,19+,22-/m0/s1. The molecule has 5 rings (SSSR count). The lowest BCUT2D eigenvalue weighted by Gasteiger charge is -2.27. The molecule has 2 saturated heterocycles. The molecule has 1 aromatic heterocycles. The molecule has 2 bridgehead atoms. The minimum atomic E-state index is -0.766. The molecule has 8 heteroatoms. The van der Waals surface area contributed by atoms with Crippen LogP contribution < -0.4 is 0 Å². The fraction of sp³-hybridized carbons (Fsp3) is 0.364. The number of fused-ring (bicyclic) bond motifs is 1. The van der Waals surface area contributed by atoms with E-state index in [1.54, 1.807) is 41.2 Å². The second kappa shape index (κ2) is 6.98. The first-order valence-electron chi connectivity index (χ1n) is 9.87. The molecule has 2 fully saturated rings. The highest BCUT2D eigenvalue weighted by Crippen LogP contribution is 2.52. The largest absolute Gasteiger partial charge is 0.360 e. The number of aromatic nitrogens is 2. The first-order chi connectivity index (χ1) is 14.5. The van der Waals surface area contributed by atoms with Gasteiger partial charge in [-0.2, -0.15) is 0 Å². The number of rotatable bonds is 5. The van der Waals surface area contributed by atoms with Gasteiger partial charge in [0.2, 0.25) is 11.8 Å². The number of likely N-dealkylation sites (tertiary alicyclic amines) is 1. The van der Waals surface area contributed by atoms with Crippen molar-refractivity contribution in [3.05, 3.63) is 72.1 Å². The molecule has 154 valence electrons. The molecule has 2 amide bonds. The first kappa shape index (κ1) is 18.9. The number of hydrogen-bond donors (Lipinski definition) is 0. The Morgan fingerprint density at radius 3 is 2.87 bits per heavy atom. The number of carbonyl (C=O) groups is 2. The molecule has 4 heterocycles. The minimum absolute atomic E-state index is 0.0973. The summed E-state index contributed by atoms with van der Waals surface area (Å²) in [5.74, 6) is -1.66. The number of carbonyl (C=O) groups excluding carboxylic acids is 2. The van der Waals surface area contributed by atoms with E-state index in [0.29, 0.717) is 19.6 Å². The van der Waals surface area contributed by atoms with Crippen molar-refractivity contribution < 1.29 is 18.7 Å². The Kier molecular flexibility index (Phi) is 4.39. The summed E-state index contributed by atoms with van der Waals surface area (Å²) in [5.41, 5.74) is 0.798. The van der Waals surface area contributed by atoms with Crippen LogP contribution >= 0.6 is 0 Å². The van der Waals surface area contributed by atoms with E-state index >= 15 is 0 Å². The van der Waals surface area contributed by atoms with Crippen LogP contribution in [0.2, 0.25) is 0 Å². The molecule has 30 heavy (non-hydrogen) atoms. The summed E-state index contributed by atoms with van der Waals surface area (Å²) in [6, 6.07) is 7.85. The zero-order valence-corrected chi connectivity index (χ0v) is 16.4. The number of nitrogens with zero attached hydrogens (tertiary/aromatic N) is 4. The zero-order chi connectivity index (χ0) is 20.9. The molecular weight excluding hydrogens is 387 g/mol. The molecular formula is C22H21FN4O3. The smallest absolute Gasteiger partial charge is 0.230 e. The highest BCUT2D eigenvalue weighted by atomic mass is 19.1. The summed E-state index contributed by atoms with van der Waals surface area (Å²) >= 11 is 0. The fourth-order valence-electron chi connectivity index (χ4n) is 4.79. The van der Waals surface area contributed by atoms with Crippen molar-refractivity contribution >= 4 is 11.8 Å². The lowest BCUT2D eigenvalue weighted by molar-refractivity contribution is -0.142. The maximum atomic E-state index is 13.3. The number of ether oxygens (including phenoxy) is 1. The van der Waals surface area contributed by atoms with Crippen LogP contribution in [0.25, 0.3) is 0 Å². The van der Waals surface area contributed by atoms with Crippen LogP contribution in [0.1, 0.15) is 11.3 Å². The van der Waals surface area contributed by atoms with Crippen molar-refractivity contribution in [3.8, 4) is 0 Å². The number of amides is 2. The highest BCUT2D eigenvalue weighted by molar-refractivity contribution is 5.93. The Balaban J connectivity index is 1.35. The molecule has 4 atom stereocenters. The van der Waals surface area contributed by atoms with Crippen LogP contribution in [0, 0.1) is 17.7 Å². The average molecular weight is 408 g/mol. The van der Waals surface area contributed by atoms with Crippen LogP contribution in [-0.4, -0.2) is 56.9 Å². The summed E-state index contributed by atoms with van der Waals surface area (Å²) in [6.45, 7) is 1.08. The fourth-order valence-corrected chi connectivity index (χ4v) is 4.79. The van der Waals surface area contributed by atoms with Gasteiger partial charge in [-0.15, -0.1) is 0 Å². The van der Waals surface area contributed by atoms with Crippen molar-refractivity contribution in [1.29, 1.82) is 0 Å². The van der Waals surface area contributed by atoms with Crippen LogP contribution in [-0.2, 0) is 27.4 Å². The lowest BCUT2D eigenvalue weighted by Crippen LogP contribution is -2.44. The molecule has 1 spiro atoms. The lowest BCUT2D eigenvalue weighted by atomic mass is 9.76. The molecule has 0 aliphatic carbocycles. The van der Waals surface area contributed by atoms with Crippen molar-refractivity contribution in [3.63, 3.8) is 0 Å². The monoisotopic (exact) mass is 408 g/mol. The number of halogens is 1. The average Bonchev–Trinajstić information content (AvgIpc) is 3.38. The number of benzene rings is 1. The molecule has 0 radical (unpaired) electrons. The van der Waals surface area contributed by atoms with Crippen LogP contribution in [0.3, 0.4) is 0 Å². The second-order valence-electron chi connectivity index (χ2n) is 8.12. The Morgan fingerprint density at radius 2 is 2.13 bits per heavy atom. The van der Waals surface area contributed by atoms with Gasteiger partial charge >= 0.3 is 0 Å². The third-order valence-corrected chi connectivity index (χ3v) is 6.17. The van der Waals surface area contributed by atoms with Gasteiger partial charge in [-0.3, -0.25) is 9.59 Å². The van der Waals surface area contributed by atoms with E-state index in [4.69, 9.17) is 4.74 Å². The van der Waals surface area contributed by atoms with Crippen LogP contribution in [0.5, 0.6) is 0 Å². The maximum absolute atomic E-state index is 13.3. The van der Waals surface area contributed by atoms with Crippen LogP contribution in [0.15, 0.2) is 55.0 Å². The van der Waals surface area contributed by atoms with Crippen LogP contribution in [0.4, 0.5) is 4.39 Å². The van der Waals surface area contributed by atoms with Crippen molar-refractivity contribution in [1.82, 2.24) is 19.8 Å². The SMILES string of the molecule is CN(Cc1ccncn1)C(=O)[C@@H]1[C@@H]2C=C[C@@]3(CN(Cc4ccc(F)cc4)C(=O)[C@@H]13)O2. The summed E-state index contributed by atoms with van der Waals surface area (Å²) in [5, 5.41) is 0. The first-order valence-corrected chi connectivity index (χ1v) is 9.87. The van der Waals surface area contributed by atoms with E-state index in [2.05, 4.69) is 9.97 Å². The molecule has 3 aliphatic rings. The molecule has 7 nitrogen and oxygen atoms in total. The molecule has 0 unspecified atom stereocenters. The zero-order valence-electron chi connectivity index (χ0n) is 16.4. The van der Waals surface area contributed by atoms with Crippen molar-refractivity contribution in [2.24, 2.45) is 11.8 Å². The molecule has 0 N–H and O–H groups in total. The third-order valence-electron chi connectivity index (χ3n) is 6.17. The van der Waals surface area contributed by atoms with E-state index in [9.17, 15) is 14.0 Å². The third kappa shape index (κ3) is 2.99. The van der Waals surface area contributed by atoms with Gasteiger partial charge in [0.1, 0.15) is 17.7 Å². The second-order valence-corrected chi connectivity index (χ2v) is 8.12. The van der Waals surface area contributed by atoms with Crippen molar-refractivity contribution in [2.45, 2.75) is 24.8 Å². The quantitative estimate of drug-likeness (QED) is 0.702. The van der Waals surface area contributed by atoms with Gasteiger partial charge < -0.3 is 14.5 Å². The van der Waals surface area contributed by atoms with Gasteiger partial charge in [-0.25, -0.2) is 14.4 Å². The summed E-state index contributed by atoms with van der Waals surface area (Å²) in [7, 11) is 1.71. The Hall–Kier alpha value is -3.13. The Bertz CT molecular complexity index is 1010. The molecule has 1 aromatic carbocycles.